The van der Waals surface area contributed by atoms with E-state index in [0.717, 1.165) is 35.1 Å². The van der Waals surface area contributed by atoms with Crippen LogP contribution in [0.2, 0.25) is 0 Å². The van der Waals surface area contributed by atoms with Crippen LogP contribution < -0.4 is 30.6 Å². The van der Waals surface area contributed by atoms with Gasteiger partial charge in [0.25, 0.3) is 12.9 Å². The van der Waals surface area contributed by atoms with Crippen LogP contribution in [0.25, 0.3) is 0 Å². The van der Waals surface area contributed by atoms with Crippen molar-refractivity contribution >= 4 is 60.8 Å². The largest absolute Gasteiger partial charge is 0.497 e. The van der Waals surface area contributed by atoms with Gasteiger partial charge in [-0.05, 0) is 222 Å². The number of nitrogens with zero attached hydrogens (tertiary/aromatic N) is 6. The smallest absolute Gasteiger partial charge is 0.329 e. The van der Waals surface area contributed by atoms with Crippen LogP contribution in [0, 0.1) is 41.5 Å². The number of carboxylic acid groups (broad SMARTS) is 3. The Hall–Kier alpha value is -8.48. The predicted molar refractivity (Wildman–Crippen MR) is 436 cm³/mol. The van der Waals surface area contributed by atoms with Crippen molar-refractivity contribution in [3.8, 4) is 17.2 Å². The van der Waals surface area contributed by atoms with Crippen molar-refractivity contribution in [3.05, 3.63) is 176 Å². The molecule has 7 N–H and O–H groups in total. The summed E-state index contributed by atoms with van der Waals surface area (Å²) in [5.74, 6) is 0.272. The van der Waals surface area contributed by atoms with Gasteiger partial charge in [-0.2, -0.15) is 12.9 Å². The van der Waals surface area contributed by atoms with E-state index in [1.54, 1.807) is 92.2 Å². The van der Waals surface area contributed by atoms with Gasteiger partial charge in [-0.15, -0.1) is 0 Å². The van der Waals surface area contributed by atoms with Gasteiger partial charge < -0.3 is 60.1 Å². The number of nitrogens with one attached hydrogen (secondary N) is 2. The topological polar surface area (TPSA) is 373 Å². The Morgan fingerprint density at radius 2 is 0.646 bits per heavy atom. The third kappa shape index (κ3) is 33.9. The Kier molecular flexibility index (Phi) is 44.9. The van der Waals surface area contributed by atoms with E-state index in [1.165, 1.54) is 137 Å². The summed E-state index contributed by atoms with van der Waals surface area (Å²) in [7, 11) is -1.98. The number of ether oxygens (including phenoxy) is 6. The number of hydrogen-bond acceptors (Lipinski definition) is 21. The monoisotopic (exact) mass is 1640 g/mol. The van der Waals surface area contributed by atoms with Gasteiger partial charge in [0, 0.05) is 80.0 Å². The molecule has 628 valence electrons. The normalized spacial score (nSPS) is 13.6. The van der Waals surface area contributed by atoms with Crippen LogP contribution in [-0.2, 0) is 108 Å². The zero-order valence-corrected chi connectivity index (χ0v) is 69.4. The Balaban J connectivity index is 0.000000396. The van der Waals surface area contributed by atoms with E-state index in [0.29, 0.717) is 70.3 Å². The maximum atomic E-state index is 13.0. The van der Waals surface area contributed by atoms with Crippen LogP contribution >= 0.6 is 0 Å². The van der Waals surface area contributed by atoms with Crippen molar-refractivity contribution in [2.75, 3.05) is 141 Å². The minimum absolute atomic E-state index is 0. The van der Waals surface area contributed by atoms with E-state index in [1.807, 2.05) is 24.3 Å². The van der Waals surface area contributed by atoms with Crippen LogP contribution in [0.5, 0.6) is 17.2 Å². The van der Waals surface area contributed by atoms with Crippen LogP contribution in [0.3, 0.4) is 0 Å². The number of likely N-dealkylation sites (N-methyl/N-ethyl adjacent to an activating group) is 3. The summed E-state index contributed by atoms with van der Waals surface area (Å²) in [5, 5.41) is 27.9. The summed E-state index contributed by atoms with van der Waals surface area (Å²) in [5.41, 5.74) is 16.5. The van der Waals surface area contributed by atoms with Gasteiger partial charge in [-0.25, -0.2) is 30.0 Å². The second kappa shape index (κ2) is 51.4. The molecule has 3 heterocycles. The molecule has 9 rings (SSSR count). The number of methoxy groups -OCH3 is 3. The molecule has 0 aromatic heterocycles. The highest BCUT2D eigenvalue weighted by molar-refractivity contribution is 7.89. The second-order valence-electron chi connectivity index (χ2n) is 27.2. The number of benzene rings is 6. The fourth-order valence-corrected chi connectivity index (χ4v) is 17.3. The number of amides is 2. The summed E-state index contributed by atoms with van der Waals surface area (Å²) in [4.78, 5) is 59.5. The number of carboxylic acids is 1. The average molecular weight is 1640 g/mol. The van der Waals surface area contributed by atoms with Crippen LogP contribution in [0.15, 0.2) is 124 Å². The Labute approximate surface area is 669 Å². The molecule has 3 saturated heterocycles. The molecule has 3 fully saturated rings. The lowest BCUT2D eigenvalue weighted by Gasteiger charge is -2.20. The lowest BCUT2D eigenvalue weighted by Crippen LogP contribution is -2.33. The molecular weight excluding hydrogens is 1520 g/mol. The molecule has 6 aromatic rings. The molecule has 29 nitrogen and oxygen atoms in total. The van der Waals surface area contributed by atoms with Gasteiger partial charge >= 0.3 is 5.97 Å². The molecule has 0 radical (unpaired) electrons. The number of sulfonamides is 3. The average Bonchev–Trinajstić information content (AvgIpc) is 1.37. The van der Waals surface area contributed by atoms with E-state index in [4.69, 9.17) is 59.1 Å². The molecule has 0 saturated carbocycles. The Bertz CT molecular complexity index is 3980. The standard InChI is InChI=1S/2C26H37N3O5S.C14H21NO6S.C12H18N2.2CH2O2.CH4/c2*1-20-15-24(33-4)16-21(2)26(20)35(31,32)28(3)13-14-34-19-25(30)27-17-22-7-9-23(10-8-22)18-29-11-5-6-12-29;1-10-7-12(20-4)8-11(2)14(10)22(18,19)15(3)5-6-21-9-13(16)17;13-9-11-3-5-12(6-4-11)10-14-7-1-2-8-14;2*2-1-3;/h2*7-10,15-16H,5-6,11-14,17-19H2,1-4H3,(H,27,30);7-8H,5-6,9H2,1-4H3,(H,16,17);3-6H,1-2,7-10,13H2;2*1H,(H,2,3);1H4. The number of aryl methyl sites for hydroxylation is 6. The molecule has 0 spiro atoms. The first-order valence-corrected chi connectivity index (χ1v) is 41.2. The first-order valence-electron chi connectivity index (χ1n) is 36.9. The molecular formula is C81H121N9O20S3. The third-order valence-corrected chi connectivity index (χ3v) is 24.9. The van der Waals surface area contributed by atoms with Gasteiger partial charge in [-0.3, -0.25) is 33.9 Å². The van der Waals surface area contributed by atoms with E-state index in [9.17, 15) is 39.6 Å². The van der Waals surface area contributed by atoms with E-state index >= 15 is 0 Å². The summed E-state index contributed by atoms with van der Waals surface area (Å²) in [6, 6.07) is 35.4. The minimum atomic E-state index is -3.69. The molecule has 3 aliphatic rings. The third-order valence-electron chi connectivity index (χ3n) is 18.5. The van der Waals surface area contributed by atoms with E-state index < -0.39 is 42.6 Å². The quantitative estimate of drug-likeness (QED) is 0.0160. The van der Waals surface area contributed by atoms with Gasteiger partial charge in [0.15, 0.2) is 0 Å². The molecule has 113 heavy (non-hydrogen) atoms. The number of aliphatic carboxylic acids is 1. The molecule has 6 aromatic carbocycles. The highest BCUT2D eigenvalue weighted by Gasteiger charge is 2.29. The Morgan fingerprint density at radius 3 is 0.867 bits per heavy atom. The molecule has 32 heteroatoms. The number of nitrogens with two attached hydrogens (primary N) is 1. The number of carbonyl (C=O) groups excluding carboxylic acids is 2. The maximum absolute atomic E-state index is 13.0. The highest BCUT2D eigenvalue weighted by Crippen LogP contribution is 2.31. The summed E-state index contributed by atoms with van der Waals surface area (Å²) < 4.78 is 112. The fourth-order valence-electron chi connectivity index (χ4n) is 12.6. The van der Waals surface area contributed by atoms with E-state index in [-0.39, 0.29) is 99.5 Å². The van der Waals surface area contributed by atoms with Crippen molar-refractivity contribution in [2.45, 2.75) is 141 Å². The first kappa shape index (κ1) is 98.7. The molecule has 0 bridgehead atoms. The number of rotatable bonds is 35. The van der Waals surface area contributed by atoms with Crippen molar-refractivity contribution in [1.29, 1.82) is 0 Å². The summed E-state index contributed by atoms with van der Waals surface area (Å²) >= 11 is 0. The summed E-state index contributed by atoms with van der Waals surface area (Å²) in [6.45, 7) is 21.5. The number of likely N-dealkylation sites (tertiary alicyclic amines) is 3. The maximum Gasteiger partial charge on any atom is 0.329 e. The lowest BCUT2D eigenvalue weighted by atomic mass is 10.1. The molecule has 0 aliphatic carbocycles. The van der Waals surface area contributed by atoms with Crippen molar-refractivity contribution < 1.29 is 93.0 Å². The van der Waals surface area contributed by atoms with Crippen molar-refractivity contribution in [2.24, 2.45) is 5.73 Å². The van der Waals surface area contributed by atoms with Gasteiger partial charge in [0.1, 0.15) is 37.1 Å². The molecule has 0 atom stereocenters. The first-order chi connectivity index (χ1) is 53.3. The minimum Gasteiger partial charge on any atom is -0.497 e. The lowest BCUT2D eigenvalue weighted by molar-refractivity contribution is -0.142. The van der Waals surface area contributed by atoms with Crippen LogP contribution in [-0.4, -0.2) is 240 Å². The molecule has 3 aliphatic heterocycles. The number of carbonyl (C=O) groups is 5. The van der Waals surface area contributed by atoms with Crippen LogP contribution in [0.4, 0.5) is 0 Å². The number of hydrogen-bond donors (Lipinski definition) is 6. The fraction of sp³-hybridized carbons (Fsp3) is 0.494. The predicted octanol–water partition coefficient (Wildman–Crippen LogP) is 8.54. The van der Waals surface area contributed by atoms with Crippen molar-refractivity contribution in [1.82, 2.24) is 38.2 Å². The molecule has 2 amide bonds. The highest BCUT2D eigenvalue weighted by atomic mass is 32.2. The van der Waals surface area contributed by atoms with Gasteiger partial charge in [0.05, 0.1) is 55.8 Å². The SMILES string of the molecule is C.COc1cc(C)c(S(=O)(=O)N(C)CCOCC(=O)NCc2ccc(CN3CCCC3)cc2)c(C)c1.COc1cc(C)c(S(=O)(=O)N(C)CCOCC(=O)NCc2ccc(CN3CCCC3)cc2)c(C)c1.COc1cc(C)c(S(=O)(=O)N(C)CCOCC(=O)O)c(C)c1.NCc1ccc(CN2CCCC2)cc1.O=CO.O=CO. The zero-order chi connectivity index (χ0) is 83.0. The Morgan fingerprint density at radius 1 is 0.425 bits per heavy atom. The van der Waals surface area contributed by atoms with Gasteiger partial charge in [0.2, 0.25) is 41.9 Å². The zero-order valence-electron chi connectivity index (χ0n) is 66.9. The van der Waals surface area contributed by atoms with Crippen LogP contribution in [0.1, 0.15) is 113 Å². The van der Waals surface area contributed by atoms with E-state index in [2.05, 4.69) is 73.9 Å². The molecule has 0 unspecified atom stereocenters. The second-order valence-corrected chi connectivity index (χ2v) is 33.1. The van der Waals surface area contributed by atoms with Crippen molar-refractivity contribution in [3.63, 3.8) is 0 Å². The summed E-state index contributed by atoms with van der Waals surface area (Å²) in [6.07, 6.45) is 7.84. The van der Waals surface area contributed by atoms with Gasteiger partial charge in [-0.1, -0.05) is 80.2 Å².